The summed E-state index contributed by atoms with van der Waals surface area (Å²) < 4.78 is 33.9. The lowest BCUT2D eigenvalue weighted by atomic mass is 10.2. The summed E-state index contributed by atoms with van der Waals surface area (Å²) in [4.78, 5) is 23.4. The van der Waals surface area contributed by atoms with Crippen LogP contribution < -0.4 is 5.32 Å². The Kier molecular flexibility index (Phi) is 7.18. The lowest BCUT2D eigenvalue weighted by Crippen LogP contribution is -2.14. The Bertz CT molecular complexity index is 984. The quantitative estimate of drug-likeness (QED) is 0.259. The monoisotopic (exact) mass is 422 g/mol. The third-order valence-corrected chi connectivity index (χ3v) is 5.34. The van der Waals surface area contributed by atoms with Crippen molar-refractivity contribution in [2.24, 2.45) is 5.16 Å². The Hall–Kier alpha value is -2.85. The summed E-state index contributed by atoms with van der Waals surface area (Å²) in [6.45, 7) is 3.25. The third-order valence-electron chi connectivity index (χ3n) is 3.28. The van der Waals surface area contributed by atoms with Crippen LogP contribution in [0.3, 0.4) is 0 Å². The van der Waals surface area contributed by atoms with E-state index in [1.165, 1.54) is 31.2 Å². The summed E-state index contributed by atoms with van der Waals surface area (Å²) in [5.41, 5.74) is 1.46. The molecule has 2 rings (SSSR count). The molecule has 0 bridgehead atoms. The summed E-state index contributed by atoms with van der Waals surface area (Å²) in [7, 11) is -3.11. The Morgan fingerprint density at radius 1 is 1.04 bits per heavy atom. The van der Waals surface area contributed by atoms with E-state index < -0.39 is 16.1 Å². The van der Waals surface area contributed by atoms with Gasteiger partial charge in [-0.2, -0.15) is 8.42 Å². The molecule has 10 heteroatoms. The van der Waals surface area contributed by atoms with Gasteiger partial charge in [0.2, 0.25) is 11.0 Å². The number of methoxy groups -OCH3 is 1. The SMILES string of the molecule is COC(=O)C(=NOS(=O)(=O)c1ccc(NC(C)=O)cc1)Sc1ccc(C)cc1. The molecule has 0 unspecified atom stereocenters. The van der Waals surface area contributed by atoms with Gasteiger partial charge in [0.15, 0.2) is 0 Å². The molecule has 0 aromatic heterocycles. The maximum Gasteiger partial charge on any atom is 0.367 e. The van der Waals surface area contributed by atoms with Gasteiger partial charge in [0.1, 0.15) is 4.90 Å². The van der Waals surface area contributed by atoms with Crippen LogP contribution in [0.4, 0.5) is 5.69 Å². The molecule has 0 saturated carbocycles. The highest BCUT2D eigenvalue weighted by molar-refractivity contribution is 8.15. The first kappa shape index (κ1) is 21.5. The fourth-order valence-electron chi connectivity index (χ4n) is 1.94. The van der Waals surface area contributed by atoms with Crippen molar-refractivity contribution in [3.8, 4) is 0 Å². The molecule has 0 aliphatic rings. The van der Waals surface area contributed by atoms with Crippen molar-refractivity contribution in [2.45, 2.75) is 23.6 Å². The van der Waals surface area contributed by atoms with Crippen molar-refractivity contribution in [2.75, 3.05) is 12.4 Å². The highest BCUT2D eigenvalue weighted by Crippen LogP contribution is 2.22. The molecule has 0 spiro atoms. The number of amides is 1. The van der Waals surface area contributed by atoms with Crippen molar-refractivity contribution in [1.29, 1.82) is 0 Å². The van der Waals surface area contributed by atoms with Crippen LogP contribution in [-0.4, -0.2) is 32.4 Å². The van der Waals surface area contributed by atoms with E-state index in [0.717, 1.165) is 24.4 Å². The van der Waals surface area contributed by atoms with Crippen LogP contribution >= 0.6 is 11.8 Å². The van der Waals surface area contributed by atoms with Crippen LogP contribution in [0.5, 0.6) is 0 Å². The number of esters is 1. The summed E-state index contributed by atoms with van der Waals surface area (Å²) in [6, 6.07) is 12.5. The van der Waals surface area contributed by atoms with E-state index in [0.29, 0.717) is 10.6 Å². The number of anilines is 1. The zero-order valence-corrected chi connectivity index (χ0v) is 17.0. The molecule has 8 nitrogen and oxygen atoms in total. The van der Waals surface area contributed by atoms with Crippen LogP contribution in [0.25, 0.3) is 0 Å². The number of hydrogen-bond acceptors (Lipinski definition) is 8. The second kappa shape index (κ2) is 9.38. The number of carbonyl (C=O) groups excluding carboxylic acids is 2. The number of thioether (sulfide) groups is 1. The van der Waals surface area contributed by atoms with Crippen molar-refractivity contribution >= 4 is 44.5 Å². The lowest BCUT2D eigenvalue weighted by molar-refractivity contribution is -0.132. The number of aryl methyl sites for hydroxylation is 1. The van der Waals surface area contributed by atoms with Gasteiger partial charge >= 0.3 is 16.1 Å². The minimum absolute atomic E-state index is 0.185. The van der Waals surface area contributed by atoms with Crippen LogP contribution in [0.2, 0.25) is 0 Å². The number of benzene rings is 2. The zero-order valence-electron chi connectivity index (χ0n) is 15.3. The van der Waals surface area contributed by atoms with Gasteiger partial charge in [-0.3, -0.25) is 9.08 Å². The van der Waals surface area contributed by atoms with E-state index in [4.69, 9.17) is 0 Å². The van der Waals surface area contributed by atoms with Gasteiger partial charge in [0, 0.05) is 17.5 Å². The molecular formula is C18H18N2O6S2. The van der Waals surface area contributed by atoms with Crippen LogP contribution in [0, 0.1) is 6.92 Å². The van der Waals surface area contributed by atoms with Gasteiger partial charge in [-0.1, -0.05) is 34.6 Å². The highest BCUT2D eigenvalue weighted by atomic mass is 32.2. The summed E-state index contributed by atoms with van der Waals surface area (Å²) >= 11 is 0.914. The van der Waals surface area contributed by atoms with E-state index in [1.807, 2.05) is 19.1 Å². The molecule has 0 heterocycles. The summed E-state index contributed by atoms with van der Waals surface area (Å²) in [6.07, 6.45) is 0. The zero-order chi connectivity index (χ0) is 20.7. The molecule has 2 aromatic rings. The Morgan fingerprint density at radius 2 is 1.64 bits per heavy atom. The summed E-state index contributed by atoms with van der Waals surface area (Å²) in [5, 5.41) is 5.73. The van der Waals surface area contributed by atoms with Crippen LogP contribution in [-0.2, 0) is 28.7 Å². The standard InChI is InChI=1S/C18H18N2O6S2/c1-12-4-8-15(9-5-12)27-17(18(22)25-3)20-26-28(23,24)16-10-6-14(7-11-16)19-13(2)21/h4-11H,1-3H3,(H,19,21). The maximum atomic E-state index is 12.3. The van der Waals surface area contributed by atoms with Gasteiger partial charge in [0.25, 0.3) is 0 Å². The molecule has 1 amide bonds. The predicted molar refractivity (Wildman–Crippen MR) is 106 cm³/mol. The first-order valence-corrected chi connectivity index (χ1v) is 10.2. The molecule has 28 heavy (non-hydrogen) atoms. The molecule has 0 saturated heterocycles. The molecular weight excluding hydrogens is 404 g/mol. The first-order valence-electron chi connectivity index (χ1n) is 7.93. The average Bonchev–Trinajstić information content (AvgIpc) is 2.66. The minimum atomic E-state index is -4.26. The summed E-state index contributed by atoms with van der Waals surface area (Å²) in [5.74, 6) is -1.12. The molecule has 0 fully saturated rings. The first-order chi connectivity index (χ1) is 13.2. The number of ether oxygens (including phenoxy) is 1. The molecule has 2 aromatic carbocycles. The van der Waals surface area contributed by atoms with Gasteiger partial charge in [-0.25, -0.2) is 4.79 Å². The molecule has 0 atom stereocenters. The van der Waals surface area contributed by atoms with Crippen molar-refractivity contribution in [3.05, 3.63) is 54.1 Å². The van der Waals surface area contributed by atoms with Gasteiger partial charge < -0.3 is 10.1 Å². The van der Waals surface area contributed by atoms with E-state index in [2.05, 4.69) is 19.5 Å². The second-order valence-corrected chi connectivity index (χ2v) is 8.13. The maximum absolute atomic E-state index is 12.3. The predicted octanol–water partition coefficient (Wildman–Crippen LogP) is 2.94. The van der Waals surface area contributed by atoms with Crippen LogP contribution in [0.15, 0.2) is 63.5 Å². The van der Waals surface area contributed by atoms with Gasteiger partial charge in [0.05, 0.1) is 7.11 Å². The number of nitrogens with one attached hydrogen (secondary N) is 1. The van der Waals surface area contributed by atoms with Crippen molar-refractivity contribution in [1.82, 2.24) is 0 Å². The van der Waals surface area contributed by atoms with E-state index in [1.54, 1.807) is 12.1 Å². The molecule has 0 aliphatic heterocycles. The van der Waals surface area contributed by atoms with Crippen molar-refractivity contribution < 1.29 is 27.0 Å². The fraction of sp³-hybridized carbons (Fsp3) is 0.167. The van der Waals surface area contributed by atoms with Gasteiger partial charge in [-0.15, -0.1) is 0 Å². The van der Waals surface area contributed by atoms with E-state index in [-0.39, 0.29) is 15.8 Å². The smallest absolute Gasteiger partial charge is 0.367 e. The molecule has 0 radical (unpaired) electrons. The fourth-order valence-corrected chi connectivity index (χ4v) is 3.45. The van der Waals surface area contributed by atoms with E-state index in [9.17, 15) is 18.0 Å². The highest BCUT2D eigenvalue weighted by Gasteiger charge is 2.20. The lowest BCUT2D eigenvalue weighted by Gasteiger charge is -2.06. The number of carbonyl (C=O) groups is 2. The number of rotatable bonds is 5. The Balaban J connectivity index is 2.20. The number of hydrogen-bond donors (Lipinski definition) is 1. The van der Waals surface area contributed by atoms with Crippen molar-refractivity contribution in [3.63, 3.8) is 0 Å². The van der Waals surface area contributed by atoms with E-state index >= 15 is 0 Å². The average molecular weight is 422 g/mol. The number of oxime groups is 1. The van der Waals surface area contributed by atoms with Gasteiger partial charge in [-0.05, 0) is 43.3 Å². The minimum Gasteiger partial charge on any atom is -0.464 e. The molecule has 0 aliphatic carbocycles. The third kappa shape index (κ3) is 6.10. The normalized spacial score (nSPS) is 11.6. The Morgan fingerprint density at radius 3 is 2.18 bits per heavy atom. The Labute approximate surface area is 167 Å². The molecule has 1 N–H and O–H groups in total. The largest absolute Gasteiger partial charge is 0.464 e. The van der Waals surface area contributed by atoms with Crippen LogP contribution in [0.1, 0.15) is 12.5 Å². The number of nitrogens with zero attached hydrogens (tertiary/aromatic N) is 1. The molecule has 148 valence electrons. The topological polar surface area (TPSA) is 111 Å². The second-order valence-electron chi connectivity index (χ2n) is 5.54.